The molecular formula is C6H10NO4. The van der Waals surface area contributed by atoms with Crippen molar-refractivity contribution in [2.75, 3.05) is 13.7 Å². The number of nitrogens with one attached hydrogen (secondary N) is 1. The molecule has 0 fully saturated rings. The Bertz CT molecular complexity index is 146. The van der Waals surface area contributed by atoms with Crippen LogP contribution in [0.4, 0.5) is 4.79 Å². The third kappa shape index (κ3) is 6.63. The first-order valence-electron chi connectivity index (χ1n) is 3.21. The first-order valence-corrected chi connectivity index (χ1v) is 3.21. The lowest BCUT2D eigenvalue weighted by molar-refractivity contribution is -0.143. The lowest BCUT2D eigenvalue weighted by atomic mass is 10.3. The molecule has 11 heavy (non-hydrogen) atoms. The van der Waals surface area contributed by atoms with Crippen LogP contribution in [0.2, 0.25) is 0 Å². The molecule has 0 rings (SSSR count). The van der Waals surface area contributed by atoms with Gasteiger partial charge in [-0.15, -0.1) is 0 Å². The van der Waals surface area contributed by atoms with Crippen LogP contribution in [0.5, 0.6) is 0 Å². The Kier molecular flexibility index (Phi) is 4.89. The van der Waals surface area contributed by atoms with Gasteiger partial charge >= 0.3 is 12.1 Å². The Morgan fingerprint density at radius 1 is 1.45 bits per heavy atom. The molecular weight excluding hydrogens is 150 g/mol. The summed E-state index contributed by atoms with van der Waals surface area (Å²) in [4.78, 5) is 20.2. The fraction of sp³-hybridized carbons (Fsp3) is 0.667. The molecule has 0 aliphatic rings. The first kappa shape index (κ1) is 9.74. The monoisotopic (exact) mass is 160 g/mol. The minimum atomic E-state index is -1.13. The van der Waals surface area contributed by atoms with Crippen molar-refractivity contribution in [3.63, 3.8) is 0 Å². The SMILES string of the molecule is CNC(=O)OCCCC([O])=O. The number of carbonyl (C=O) groups excluding carboxylic acids is 2. The zero-order chi connectivity index (χ0) is 8.69. The van der Waals surface area contributed by atoms with Crippen LogP contribution in [-0.2, 0) is 14.6 Å². The Morgan fingerprint density at radius 2 is 2.09 bits per heavy atom. The van der Waals surface area contributed by atoms with Crippen LogP contribution >= 0.6 is 0 Å². The van der Waals surface area contributed by atoms with Crippen LogP contribution in [-0.4, -0.2) is 25.7 Å². The van der Waals surface area contributed by atoms with E-state index in [1.807, 2.05) is 0 Å². The van der Waals surface area contributed by atoms with Crippen LogP contribution in [0.3, 0.4) is 0 Å². The van der Waals surface area contributed by atoms with Crippen molar-refractivity contribution in [3.05, 3.63) is 0 Å². The molecule has 5 heteroatoms. The van der Waals surface area contributed by atoms with Gasteiger partial charge in [-0.3, -0.25) is 0 Å². The fourth-order valence-corrected chi connectivity index (χ4v) is 0.454. The van der Waals surface area contributed by atoms with E-state index in [0.717, 1.165) is 0 Å². The van der Waals surface area contributed by atoms with E-state index in [0.29, 0.717) is 0 Å². The van der Waals surface area contributed by atoms with Crippen LogP contribution in [0.1, 0.15) is 12.8 Å². The molecule has 0 aromatic heterocycles. The number of amides is 1. The molecule has 5 nitrogen and oxygen atoms in total. The Hall–Kier alpha value is -1.26. The van der Waals surface area contributed by atoms with Crippen LogP contribution in [0.15, 0.2) is 0 Å². The molecule has 0 aromatic rings. The number of hydrogen-bond donors (Lipinski definition) is 1. The standard InChI is InChI=1S/C6H10NO4/c1-7-6(10)11-4-2-3-5(8)9/h2-4H2,1H3,(H,7,10). The topological polar surface area (TPSA) is 75.3 Å². The van der Waals surface area contributed by atoms with E-state index in [4.69, 9.17) is 0 Å². The van der Waals surface area contributed by atoms with Gasteiger partial charge < -0.3 is 10.1 Å². The highest BCUT2D eigenvalue weighted by molar-refractivity contribution is 5.67. The largest absolute Gasteiger partial charge is 0.450 e. The van der Waals surface area contributed by atoms with Gasteiger partial charge in [-0.25, -0.2) is 14.7 Å². The maximum atomic E-state index is 10.4. The van der Waals surface area contributed by atoms with Crippen molar-refractivity contribution in [2.24, 2.45) is 0 Å². The number of rotatable bonds is 4. The Balaban J connectivity index is 3.14. The fourth-order valence-electron chi connectivity index (χ4n) is 0.454. The molecule has 0 unspecified atom stereocenters. The van der Waals surface area contributed by atoms with E-state index in [-0.39, 0.29) is 19.4 Å². The second-order valence-electron chi connectivity index (χ2n) is 1.86. The maximum absolute atomic E-state index is 10.4. The zero-order valence-corrected chi connectivity index (χ0v) is 6.25. The molecule has 1 N–H and O–H groups in total. The molecule has 0 aliphatic carbocycles. The van der Waals surface area contributed by atoms with Gasteiger partial charge in [0.25, 0.3) is 0 Å². The molecule has 0 heterocycles. The summed E-state index contributed by atoms with van der Waals surface area (Å²) in [6, 6.07) is 0. The van der Waals surface area contributed by atoms with Crippen molar-refractivity contribution in [3.8, 4) is 0 Å². The highest BCUT2D eigenvalue weighted by Gasteiger charge is 2.00. The van der Waals surface area contributed by atoms with Gasteiger partial charge in [-0.05, 0) is 6.42 Å². The molecule has 0 atom stereocenters. The summed E-state index contributed by atoms with van der Waals surface area (Å²) in [5, 5.41) is 12.1. The molecule has 0 aliphatic heterocycles. The van der Waals surface area contributed by atoms with E-state index >= 15 is 0 Å². The van der Waals surface area contributed by atoms with Gasteiger partial charge in [0, 0.05) is 7.05 Å². The lowest BCUT2D eigenvalue weighted by Gasteiger charge is -2.00. The molecule has 0 bridgehead atoms. The second kappa shape index (κ2) is 5.52. The maximum Gasteiger partial charge on any atom is 0.406 e. The third-order valence-corrected chi connectivity index (χ3v) is 0.963. The van der Waals surface area contributed by atoms with E-state index in [2.05, 4.69) is 10.1 Å². The summed E-state index contributed by atoms with van der Waals surface area (Å²) in [6.45, 7) is 0.105. The number of alkyl carbamates (subject to hydrolysis) is 1. The summed E-state index contributed by atoms with van der Waals surface area (Å²) < 4.78 is 4.50. The smallest absolute Gasteiger partial charge is 0.406 e. The van der Waals surface area contributed by atoms with Gasteiger partial charge in [0.2, 0.25) is 0 Å². The molecule has 0 saturated carbocycles. The number of carbonyl (C=O) groups is 2. The summed E-state index contributed by atoms with van der Waals surface area (Å²) in [7, 11) is 1.43. The van der Waals surface area contributed by atoms with Crippen molar-refractivity contribution in [1.82, 2.24) is 5.32 Å². The molecule has 0 spiro atoms. The predicted molar refractivity (Wildman–Crippen MR) is 35.3 cm³/mol. The summed E-state index contributed by atoms with van der Waals surface area (Å²) in [6.07, 6.45) is -0.351. The van der Waals surface area contributed by atoms with Crippen LogP contribution in [0, 0.1) is 0 Å². The summed E-state index contributed by atoms with van der Waals surface area (Å²) in [5.41, 5.74) is 0. The predicted octanol–water partition coefficient (Wildman–Crippen LogP) is 0.0797. The first-order chi connectivity index (χ1) is 5.16. The highest BCUT2D eigenvalue weighted by atomic mass is 16.5. The third-order valence-electron chi connectivity index (χ3n) is 0.963. The van der Waals surface area contributed by atoms with Gasteiger partial charge in [-0.1, -0.05) is 0 Å². The van der Waals surface area contributed by atoms with Crippen molar-refractivity contribution in [1.29, 1.82) is 0 Å². The molecule has 0 aromatic carbocycles. The van der Waals surface area contributed by atoms with Gasteiger partial charge in [-0.2, -0.15) is 0 Å². The van der Waals surface area contributed by atoms with E-state index in [1.165, 1.54) is 7.05 Å². The van der Waals surface area contributed by atoms with E-state index in [9.17, 15) is 14.7 Å². The van der Waals surface area contributed by atoms with E-state index in [1.54, 1.807) is 0 Å². The minimum absolute atomic E-state index is 0.0863. The van der Waals surface area contributed by atoms with Crippen molar-refractivity contribution in [2.45, 2.75) is 12.8 Å². The van der Waals surface area contributed by atoms with Crippen LogP contribution < -0.4 is 5.32 Å². The Labute approximate surface area is 64.3 Å². The van der Waals surface area contributed by atoms with E-state index < -0.39 is 12.1 Å². The second-order valence-corrected chi connectivity index (χ2v) is 1.86. The van der Waals surface area contributed by atoms with Gasteiger partial charge in [0.15, 0.2) is 0 Å². The minimum Gasteiger partial charge on any atom is -0.450 e. The Morgan fingerprint density at radius 3 is 2.55 bits per heavy atom. The summed E-state index contributed by atoms with van der Waals surface area (Å²) in [5.74, 6) is -1.13. The van der Waals surface area contributed by atoms with Gasteiger partial charge in [0.1, 0.15) is 0 Å². The van der Waals surface area contributed by atoms with Crippen molar-refractivity contribution < 1.29 is 19.4 Å². The molecule has 0 saturated heterocycles. The number of hydrogen-bond acceptors (Lipinski definition) is 3. The van der Waals surface area contributed by atoms with Crippen LogP contribution in [0.25, 0.3) is 0 Å². The molecule has 1 radical (unpaired) electrons. The molecule has 1 amide bonds. The quantitative estimate of drug-likeness (QED) is 0.591. The molecule has 63 valence electrons. The average Bonchev–Trinajstić information content (AvgIpc) is 1.97. The van der Waals surface area contributed by atoms with Crippen molar-refractivity contribution >= 4 is 12.1 Å². The number of ether oxygens (including phenoxy) is 1. The zero-order valence-electron chi connectivity index (χ0n) is 6.25. The lowest BCUT2D eigenvalue weighted by Crippen LogP contribution is -2.19. The van der Waals surface area contributed by atoms with Gasteiger partial charge in [0.05, 0.1) is 13.0 Å². The average molecular weight is 160 g/mol. The normalized spacial score (nSPS) is 8.82. The summed E-state index contributed by atoms with van der Waals surface area (Å²) >= 11 is 0. The highest BCUT2D eigenvalue weighted by Crippen LogP contribution is 1.90.